The molecule has 0 saturated carbocycles. The summed E-state index contributed by atoms with van der Waals surface area (Å²) in [5.41, 5.74) is 3.21. The van der Waals surface area contributed by atoms with Crippen molar-refractivity contribution < 1.29 is 13.2 Å². The number of piperidine rings is 2. The van der Waals surface area contributed by atoms with Gasteiger partial charge in [-0.05, 0) is 67.6 Å². The number of likely N-dealkylation sites (tertiary alicyclic amines) is 1. The molecule has 2 aliphatic rings. The SMILES string of the molecule is O=C(NCc1ccccc1CN1CCCCC1)C1CCN(S(=O)(=O)Cc2ccc(Br)cc2)CC1. The van der Waals surface area contributed by atoms with E-state index in [-0.39, 0.29) is 17.6 Å². The summed E-state index contributed by atoms with van der Waals surface area (Å²) in [6.07, 6.45) is 4.95. The van der Waals surface area contributed by atoms with Crippen LogP contribution in [0.15, 0.2) is 53.0 Å². The average Bonchev–Trinajstić information content (AvgIpc) is 2.85. The van der Waals surface area contributed by atoms with E-state index in [1.165, 1.54) is 29.1 Å². The summed E-state index contributed by atoms with van der Waals surface area (Å²) in [7, 11) is -3.39. The predicted molar refractivity (Wildman–Crippen MR) is 138 cm³/mol. The topological polar surface area (TPSA) is 69.7 Å². The van der Waals surface area contributed by atoms with Crippen molar-refractivity contribution in [2.75, 3.05) is 26.2 Å². The van der Waals surface area contributed by atoms with Gasteiger partial charge in [-0.1, -0.05) is 58.7 Å². The maximum atomic E-state index is 12.9. The van der Waals surface area contributed by atoms with E-state index in [0.717, 1.165) is 35.2 Å². The van der Waals surface area contributed by atoms with Crippen LogP contribution >= 0.6 is 15.9 Å². The summed E-state index contributed by atoms with van der Waals surface area (Å²) in [6.45, 7) is 4.52. The Balaban J connectivity index is 1.27. The number of benzene rings is 2. The zero-order valence-electron chi connectivity index (χ0n) is 19.6. The summed E-state index contributed by atoms with van der Waals surface area (Å²) in [4.78, 5) is 15.4. The van der Waals surface area contributed by atoms with Gasteiger partial charge in [-0.25, -0.2) is 12.7 Å². The highest BCUT2D eigenvalue weighted by molar-refractivity contribution is 9.10. The lowest BCUT2D eigenvalue weighted by atomic mass is 9.97. The monoisotopic (exact) mass is 547 g/mol. The molecule has 0 aliphatic carbocycles. The van der Waals surface area contributed by atoms with Crippen LogP contribution in [-0.2, 0) is 33.7 Å². The Hall–Kier alpha value is -1.74. The molecule has 8 heteroatoms. The molecule has 2 heterocycles. The lowest BCUT2D eigenvalue weighted by Crippen LogP contribution is -2.43. The molecule has 34 heavy (non-hydrogen) atoms. The van der Waals surface area contributed by atoms with E-state index in [1.54, 1.807) is 0 Å². The highest BCUT2D eigenvalue weighted by atomic mass is 79.9. The van der Waals surface area contributed by atoms with Gasteiger partial charge in [0.15, 0.2) is 0 Å². The maximum Gasteiger partial charge on any atom is 0.223 e. The van der Waals surface area contributed by atoms with Crippen molar-refractivity contribution in [3.63, 3.8) is 0 Å². The molecule has 2 aliphatic heterocycles. The summed E-state index contributed by atoms with van der Waals surface area (Å²) in [5, 5.41) is 3.12. The van der Waals surface area contributed by atoms with Gasteiger partial charge < -0.3 is 5.32 Å². The molecule has 2 aromatic rings. The third kappa shape index (κ3) is 6.90. The molecule has 0 unspecified atom stereocenters. The Bertz CT molecular complexity index is 1060. The van der Waals surface area contributed by atoms with Crippen molar-refractivity contribution in [2.24, 2.45) is 5.92 Å². The summed E-state index contributed by atoms with van der Waals surface area (Å²) < 4.78 is 28.1. The van der Waals surface area contributed by atoms with Crippen LogP contribution in [-0.4, -0.2) is 49.7 Å². The minimum Gasteiger partial charge on any atom is -0.352 e. The van der Waals surface area contributed by atoms with Crippen LogP contribution in [0.2, 0.25) is 0 Å². The fraction of sp³-hybridized carbons (Fsp3) is 0.500. The third-order valence-corrected chi connectivity index (χ3v) is 9.27. The molecule has 184 valence electrons. The Morgan fingerprint density at radius 2 is 1.56 bits per heavy atom. The first kappa shape index (κ1) is 25.4. The third-order valence-electron chi connectivity index (χ3n) is 6.89. The van der Waals surface area contributed by atoms with Gasteiger partial charge in [-0.15, -0.1) is 0 Å². The quantitative estimate of drug-likeness (QED) is 0.535. The average molecular weight is 549 g/mol. The molecular weight excluding hydrogens is 514 g/mol. The van der Waals surface area contributed by atoms with Crippen molar-refractivity contribution in [3.8, 4) is 0 Å². The van der Waals surface area contributed by atoms with E-state index < -0.39 is 10.0 Å². The van der Waals surface area contributed by atoms with Crippen molar-refractivity contribution in [1.82, 2.24) is 14.5 Å². The van der Waals surface area contributed by atoms with Crippen molar-refractivity contribution in [2.45, 2.75) is 50.9 Å². The van der Waals surface area contributed by atoms with Crippen LogP contribution < -0.4 is 5.32 Å². The fourth-order valence-corrected chi connectivity index (χ4v) is 6.68. The number of rotatable bonds is 8. The van der Waals surface area contributed by atoms with Crippen molar-refractivity contribution in [3.05, 3.63) is 69.7 Å². The molecule has 0 aromatic heterocycles. The zero-order chi connectivity index (χ0) is 24.0. The minimum absolute atomic E-state index is 0.00898. The van der Waals surface area contributed by atoms with Gasteiger partial charge in [-0.3, -0.25) is 9.69 Å². The molecular formula is C26H34BrN3O3S. The van der Waals surface area contributed by atoms with E-state index in [9.17, 15) is 13.2 Å². The van der Waals surface area contributed by atoms with Gasteiger partial charge in [0.05, 0.1) is 5.75 Å². The highest BCUT2D eigenvalue weighted by Crippen LogP contribution is 2.23. The summed E-state index contributed by atoms with van der Waals surface area (Å²) in [6, 6.07) is 15.7. The fourth-order valence-electron chi connectivity index (χ4n) is 4.85. The van der Waals surface area contributed by atoms with Gasteiger partial charge in [0.2, 0.25) is 15.9 Å². The predicted octanol–water partition coefficient (Wildman–Crippen LogP) is 4.29. The molecule has 4 rings (SSSR count). The zero-order valence-corrected chi connectivity index (χ0v) is 22.0. The number of hydrogen-bond acceptors (Lipinski definition) is 4. The number of sulfonamides is 1. The van der Waals surface area contributed by atoms with Gasteiger partial charge in [0, 0.05) is 36.6 Å². The Labute approximate surface area is 211 Å². The summed E-state index contributed by atoms with van der Waals surface area (Å²) >= 11 is 3.38. The Morgan fingerprint density at radius 3 is 2.24 bits per heavy atom. The molecule has 0 atom stereocenters. The van der Waals surface area contributed by atoms with Gasteiger partial charge in [0.25, 0.3) is 0 Å². The van der Waals surface area contributed by atoms with E-state index in [0.29, 0.717) is 32.5 Å². The van der Waals surface area contributed by atoms with Crippen LogP contribution in [0.25, 0.3) is 0 Å². The van der Waals surface area contributed by atoms with Crippen LogP contribution in [0.4, 0.5) is 0 Å². The lowest BCUT2D eigenvalue weighted by Gasteiger charge is -2.30. The first-order valence-corrected chi connectivity index (χ1v) is 14.6. The minimum atomic E-state index is -3.39. The van der Waals surface area contributed by atoms with Crippen LogP contribution in [0.1, 0.15) is 48.8 Å². The molecule has 2 fully saturated rings. The van der Waals surface area contributed by atoms with E-state index in [4.69, 9.17) is 0 Å². The molecule has 0 spiro atoms. The molecule has 1 N–H and O–H groups in total. The number of carbonyl (C=O) groups excluding carboxylic acids is 1. The number of hydrogen-bond donors (Lipinski definition) is 1. The second kappa shape index (κ2) is 11.8. The molecule has 0 bridgehead atoms. The number of nitrogens with one attached hydrogen (secondary N) is 1. The van der Waals surface area contributed by atoms with Gasteiger partial charge in [-0.2, -0.15) is 0 Å². The van der Waals surface area contributed by atoms with Gasteiger partial charge >= 0.3 is 0 Å². The molecule has 2 aromatic carbocycles. The molecule has 0 radical (unpaired) electrons. The largest absolute Gasteiger partial charge is 0.352 e. The van der Waals surface area contributed by atoms with Crippen LogP contribution in [0.3, 0.4) is 0 Å². The molecule has 6 nitrogen and oxygen atoms in total. The van der Waals surface area contributed by atoms with Crippen molar-refractivity contribution in [1.29, 1.82) is 0 Å². The number of halogens is 1. The Kier molecular flexibility index (Phi) is 8.80. The Morgan fingerprint density at radius 1 is 0.912 bits per heavy atom. The lowest BCUT2D eigenvalue weighted by molar-refractivity contribution is -0.126. The molecule has 2 saturated heterocycles. The van der Waals surface area contributed by atoms with E-state index in [1.807, 2.05) is 30.3 Å². The number of nitrogens with zero attached hydrogens (tertiary/aromatic N) is 2. The maximum absolute atomic E-state index is 12.9. The number of carbonyl (C=O) groups is 1. The number of amides is 1. The normalized spacial score (nSPS) is 18.6. The van der Waals surface area contributed by atoms with E-state index >= 15 is 0 Å². The van der Waals surface area contributed by atoms with Gasteiger partial charge in [0.1, 0.15) is 0 Å². The smallest absolute Gasteiger partial charge is 0.223 e. The second-order valence-electron chi connectivity index (χ2n) is 9.38. The first-order valence-electron chi connectivity index (χ1n) is 12.2. The van der Waals surface area contributed by atoms with E-state index in [2.05, 4.69) is 44.3 Å². The second-order valence-corrected chi connectivity index (χ2v) is 12.3. The van der Waals surface area contributed by atoms with Crippen LogP contribution in [0, 0.1) is 5.92 Å². The molecule has 1 amide bonds. The standard InChI is InChI=1S/C26H34BrN3O3S/c27-25-10-8-21(9-11-25)20-34(32,33)30-16-12-22(13-17-30)26(31)28-18-23-6-2-3-7-24(23)19-29-14-4-1-5-15-29/h2-3,6-11,22H,1,4-5,12-20H2,(H,28,31). The first-order chi connectivity index (χ1) is 16.4. The van der Waals surface area contributed by atoms with Crippen LogP contribution in [0.5, 0.6) is 0 Å². The van der Waals surface area contributed by atoms with Crippen molar-refractivity contribution >= 4 is 31.9 Å². The highest BCUT2D eigenvalue weighted by Gasteiger charge is 2.31. The summed E-state index contributed by atoms with van der Waals surface area (Å²) in [5.74, 6) is -0.128.